The van der Waals surface area contributed by atoms with Crippen LogP contribution >= 0.6 is 11.6 Å². The Kier molecular flexibility index (Phi) is 4.96. The molecule has 2 heterocycles. The predicted octanol–water partition coefficient (Wildman–Crippen LogP) is 3.86. The van der Waals surface area contributed by atoms with Crippen molar-refractivity contribution in [2.45, 2.75) is 12.8 Å². The molecule has 1 aliphatic heterocycles. The molecule has 1 aliphatic rings. The van der Waals surface area contributed by atoms with Crippen LogP contribution in [0, 0.1) is 0 Å². The fourth-order valence-electron chi connectivity index (χ4n) is 2.58. The fraction of sp³-hybridized carbons (Fsp3) is 0.412. The second kappa shape index (κ2) is 7.12. The van der Waals surface area contributed by atoms with Gasteiger partial charge in [0, 0.05) is 30.1 Å². The molecule has 1 aromatic carbocycles. The zero-order valence-electron chi connectivity index (χ0n) is 12.1. The van der Waals surface area contributed by atoms with Gasteiger partial charge in [-0.15, -0.1) is 0 Å². The molecule has 2 aromatic rings. The lowest BCUT2D eigenvalue weighted by atomic mass is 10.2. The number of hydrogen-bond acceptors (Lipinski definition) is 3. The van der Waals surface area contributed by atoms with E-state index in [2.05, 4.69) is 11.0 Å². The molecule has 0 atom stereocenters. The van der Waals surface area contributed by atoms with Gasteiger partial charge in [-0.25, -0.2) is 0 Å². The van der Waals surface area contributed by atoms with Crippen molar-refractivity contribution in [1.82, 2.24) is 4.90 Å². The quantitative estimate of drug-likeness (QED) is 0.838. The Hall–Kier alpha value is -1.29. The van der Waals surface area contributed by atoms with Crippen molar-refractivity contribution in [3.05, 3.63) is 47.2 Å². The van der Waals surface area contributed by atoms with Gasteiger partial charge in [-0.05, 0) is 49.4 Å². The Morgan fingerprint density at radius 2 is 1.76 bits per heavy atom. The molecule has 0 saturated carbocycles. The molecule has 0 amide bonds. The minimum atomic E-state index is 0.746. The molecule has 0 bridgehead atoms. The summed E-state index contributed by atoms with van der Waals surface area (Å²) >= 11 is 5.90. The van der Waals surface area contributed by atoms with Crippen molar-refractivity contribution in [2.75, 3.05) is 32.8 Å². The standard InChI is InChI=1S/C17H20ClNO2/c18-15-5-3-14(4-6-15)17-8-7-16(21-17)2-1-9-19-10-12-20-13-11-19/h3-8H,1-2,9-13H2. The monoisotopic (exact) mass is 305 g/mol. The van der Waals surface area contributed by atoms with E-state index in [1.54, 1.807) is 0 Å². The van der Waals surface area contributed by atoms with Gasteiger partial charge < -0.3 is 9.15 Å². The summed E-state index contributed by atoms with van der Waals surface area (Å²) in [6.45, 7) is 4.94. The minimum absolute atomic E-state index is 0.746. The lowest BCUT2D eigenvalue weighted by Crippen LogP contribution is -2.36. The highest BCUT2D eigenvalue weighted by Crippen LogP contribution is 2.24. The number of hydrogen-bond donors (Lipinski definition) is 0. The molecule has 0 radical (unpaired) electrons. The predicted molar refractivity (Wildman–Crippen MR) is 84.7 cm³/mol. The number of rotatable bonds is 5. The maximum Gasteiger partial charge on any atom is 0.134 e. The number of aryl methyl sites for hydroxylation is 1. The summed E-state index contributed by atoms with van der Waals surface area (Å²) in [4.78, 5) is 2.45. The molecule has 1 fully saturated rings. The molecule has 0 unspecified atom stereocenters. The van der Waals surface area contributed by atoms with Gasteiger partial charge in [0.15, 0.2) is 0 Å². The Bertz CT molecular complexity index is 558. The highest BCUT2D eigenvalue weighted by Gasteiger charge is 2.10. The van der Waals surface area contributed by atoms with E-state index >= 15 is 0 Å². The van der Waals surface area contributed by atoms with Crippen molar-refractivity contribution in [1.29, 1.82) is 0 Å². The first-order valence-corrected chi connectivity index (χ1v) is 7.84. The number of nitrogens with zero attached hydrogens (tertiary/aromatic N) is 1. The zero-order valence-corrected chi connectivity index (χ0v) is 12.8. The molecular formula is C17H20ClNO2. The second-order valence-electron chi connectivity index (χ2n) is 5.33. The van der Waals surface area contributed by atoms with Crippen molar-refractivity contribution in [3.63, 3.8) is 0 Å². The largest absolute Gasteiger partial charge is 0.461 e. The number of morpholine rings is 1. The molecule has 3 rings (SSSR count). The third-order valence-corrected chi connectivity index (χ3v) is 4.04. The molecule has 4 heteroatoms. The van der Waals surface area contributed by atoms with Crippen LogP contribution in [-0.2, 0) is 11.2 Å². The molecule has 0 N–H and O–H groups in total. The van der Waals surface area contributed by atoms with Crippen LogP contribution in [0.1, 0.15) is 12.2 Å². The van der Waals surface area contributed by atoms with Crippen LogP contribution in [0.25, 0.3) is 11.3 Å². The first-order chi connectivity index (χ1) is 10.3. The van der Waals surface area contributed by atoms with Crippen molar-refractivity contribution in [3.8, 4) is 11.3 Å². The molecule has 21 heavy (non-hydrogen) atoms. The second-order valence-corrected chi connectivity index (χ2v) is 5.77. The van der Waals surface area contributed by atoms with Gasteiger partial charge in [0.1, 0.15) is 11.5 Å². The highest BCUT2D eigenvalue weighted by molar-refractivity contribution is 6.30. The summed E-state index contributed by atoms with van der Waals surface area (Å²) in [7, 11) is 0. The maximum absolute atomic E-state index is 5.91. The summed E-state index contributed by atoms with van der Waals surface area (Å²) in [5.74, 6) is 1.96. The molecule has 112 valence electrons. The Balaban J connectivity index is 1.51. The molecule has 1 saturated heterocycles. The van der Waals surface area contributed by atoms with Gasteiger partial charge in [-0.2, -0.15) is 0 Å². The van der Waals surface area contributed by atoms with E-state index in [1.165, 1.54) is 0 Å². The third kappa shape index (κ3) is 4.10. The van der Waals surface area contributed by atoms with Crippen LogP contribution in [0.15, 0.2) is 40.8 Å². The van der Waals surface area contributed by atoms with Crippen molar-refractivity contribution < 1.29 is 9.15 Å². The third-order valence-electron chi connectivity index (χ3n) is 3.79. The summed E-state index contributed by atoms with van der Waals surface area (Å²) in [6, 6.07) is 11.9. The minimum Gasteiger partial charge on any atom is -0.461 e. The first-order valence-electron chi connectivity index (χ1n) is 7.46. The van der Waals surface area contributed by atoms with Crippen LogP contribution in [-0.4, -0.2) is 37.7 Å². The highest BCUT2D eigenvalue weighted by atomic mass is 35.5. The summed E-state index contributed by atoms with van der Waals surface area (Å²) in [5, 5.41) is 0.746. The molecule has 0 spiro atoms. The smallest absolute Gasteiger partial charge is 0.134 e. The SMILES string of the molecule is Clc1ccc(-c2ccc(CCCN3CCOCC3)o2)cc1. The normalized spacial score (nSPS) is 16.2. The van der Waals surface area contributed by atoms with Crippen LogP contribution < -0.4 is 0 Å². The summed E-state index contributed by atoms with van der Waals surface area (Å²) < 4.78 is 11.3. The van der Waals surface area contributed by atoms with E-state index in [-0.39, 0.29) is 0 Å². The number of furan rings is 1. The molecule has 3 nitrogen and oxygen atoms in total. The Morgan fingerprint density at radius 1 is 1.00 bits per heavy atom. The van der Waals surface area contributed by atoms with E-state index < -0.39 is 0 Å². The van der Waals surface area contributed by atoms with E-state index in [0.717, 1.165) is 67.8 Å². The summed E-state index contributed by atoms with van der Waals surface area (Å²) in [6.07, 6.45) is 2.10. The average molecular weight is 306 g/mol. The van der Waals surface area contributed by atoms with Gasteiger partial charge in [-0.3, -0.25) is 4.90 Å². The van der Waals surface area contributed by atoms with Gasteiger partial charge >= 0.3 is 0 Å². The van der Waals surface area contributed by atoms with Gasteiger partial charge in [0.2, 0.25) is 0 Å². The lowest BCUT2D eigenvalue weighted by molar-refractivity contribution is 0.0373. The van der Waals surface area contributed by atoms with Gasteiger partial charge in [-0.1, -0.05) is 11.6 Å². The number of benzene rings is 1. The Morgan fingerprint density at radius 3 is 2.52 bits per heavy atom. The van der Waals surface area contributed by atoms with Crippen LogP contribution in [0.4, 0.5) is 0 Å². The van der Waals surface area contributed by atoms with E-state index in [9.17, 15) is 0 Å². The van der Waals surface area contributed by atoms with Crippen LogP contribution in [0.2, 0.25) is 5.02 Å². The van der Waals surface area contributed by atoms with E-state index in [4.69, 9.17) is 20.8 Å². The van der Waals surface area contributed by atoms with E-state index in [1.807, 2.05) is 30.3 Å². The molecule has 1 aromatic heterocycles. The lowest BCUT2D eigenvalue weighted by Gasteiger charge is -2.26. The molecular weight excluding hydrogens is 286 g/mol. The van der Waals surface area contributed by atoms with Crippen LogP contribution in [0.3, 0.4) is 0 Å². The number of halogens is 1. The van der Waals surface area contributed by atoms with Crippen molar-refractivity contribution >= 4 is 11.6 Å². The van der Waals surface area contributed by atoms with Gasteiger partial charge in [0.25, 0.3) is 0 Å². The number of ether oxygens (including phenoxy) is 1. The van der Waals surface area contributed by atoms with E-state index in [0.29, 0.717) is 0 Å². The average Bonchev–Trinajstić information content (AvgIpc) is 2.98. The summed E-state index contributed by atoms with van der Waals surface area (Å²) in [5.41, 5.74) is 1.07. The fourth-order valence-corrected chi connectivity index (χ4v) is 2.71. The zero-order chi connectivity index (χ0) is 14.5. The molecule has 0 aliphatic carbocycles. The Labute approximate surface area is 130 Å². The topological polar surface area (TPSA) is 25.6 Å². The maximum atomic E-state index is 5.91. The van der Waals surface area contributed by atoms with Crippen LogP contribution in [0.5, 0.6) is 0 Å². The van der Waals surface area contributed by atoms with Gasteiger partial charge in [0.05, 0.1) is 13.2 Å². The first kappa shape index (κ1) is 14.6. The van der Waals surface area contributed by atoms with Crippen molar-refractivity contribution in [2.24, 2.45) is 0 Å².